The minimum absolute atomic E-state index is 0.161. The SMILES string of the molecule is C[C@@H](Oc1ccc(C#N)c(Cl)c1C(=O)O)C(F)(F)F. The molecular formula is C11H7ClF3NO3. The molecule has 0 unspecified atom stereocenters. The largest absolute Gasteiger partial charge is 0.480 e. The summed E-state index contributed by atoms with van der Waals surface area (Å²) >= 11 is 5.64. The van der Waals surface area contributed by atoms with Crippen LogP contribution in [0, 0.1) is 11.3 Å². The third-order valence-electron chi connectivity index (χ3n) is 2.20. The molecule has 1 aromatic rings. The Labute approximate surface area is 111 Å². The Morgan fingerprint density at radius 2 is 2.11 bits per heavy atom. The van der Waals surface area contributed by atoms with E-state index >= 15 is 0 Å². The number of nitrogens with zero attached hydrogens (tertiary/aromatic N) is 1. The van der Waals surface area contributed by atoms with E-state index in [1.54, 1.807) is 6.07 Å². The molecule has 0 bridgehead atoms. The fourth-order valence-corrected chi connectivity index (χ4v) is 1.48. The van der Waals surface area contributed by atoms with E-state index in [0.717, 1.165) is 19.1 Å². The molecule has 4 nitrogen and oxygen atoms in total. The summed E-state index contributed by atoms with van der Waals surface area (Å²) in [7, 11) is 0. The van der Waals surface area contributed by atoms with Crippen molar-refractivity contribution in [1.29, 1.82) is 5.26 Å². The first-order valence-corrected chi connectivity index (χ1v) is 5.25. The van der Waals surface area contributed by atoms with Crippen molar-refractivity contribution in [3.63, 3.8) is 0 Å². The molecule has 0 aliphatic heterocycles. The summed E-state index contributed by atoms with van der Waals surface area (Å²) < 4.78 is 41.6. The van der Waals surface area contributed by atoms with Gasteiger partial charge in [0.1, 0.15) is 17.4 Å². The second-order valence-corrected chi connectivity index (χ2v) is 3.90. The predicted octanol–water partition coefficient (Wildman–Crippen LogP) is 3.24. The van der Waals surface area contributed by atoms with Crippen LogP contribution >= 0.6 is 11.6 Å². The van der Waals surface area contributed by atoms with Gasteiger partial charge in [-0.2, -0.15) is 18.4 Å². The maximum atomic E-state index is 12.4. The Morgan fingerprint density at radius 1 is 1.53 bits per heavy atom. The first-order valence-electron chi connectivity index (χ1n) is 4.87. The third kappa shape index (κ3) is 3.29. The molecule has 0 fully saturated rings. The van der Waals surface area contributed by atoms with Crippen LogP contribution in [-0.4, -0.2) is 23.4 Å². The predicted molar refractivity (Wildman–Crippen MR) is 59.3 cm³/mol. The van der Waals surface area contributed by atoms with Crippen molar-refractivity contribution in [2.24, 2.45) is 0 Å². The van der Waals surface area contributed by atoms with Gasteiger partial charge < -0.3 is 9.84 Å². The summed E-state index contributed by atoms with van der Waals surface area (Å²) in [6.45, 7) is 0.734. The fraction of sp³-hybridized carbons (Fsp3) is 0.273. The molecule has 1 N–H and O–H groups in total. The molecule has 102 valence electrons. The number of hydrogen-bond donors (Lipinski definition) is 1. The maximum Gasteiger partial charge on any atom is 0.425 e. The summed E-state index contributed by atoms with van der Waals surface area (Å²) in [6.07, 6.45) is -6.84. The average Bonchev–Trinajstić information content (AvgIpc) is 2.27. The zero-order valence-electron chi connectivity index (χ0n) is 9.45. The van der Waals surface area contributed by atoms with Crippen LogP contribution in [0.2, 0.25) is 5.02 Å². The Hall–Kier alpha value is -1.94. The van der Waals surface area contributed by atoms with Crippen molar-refractivity contribution in [1.82, 2.24) is 0 Å². The van der Waals surface area contributed by atoms with Crippen molar-refractivity contribution in [3.8, 4) is 11.8 Å². The van der Waals surface area contributed by atoms with Gasteiger partial charge in [0.2, 0.25) is 0 Å². The van der Waals surface area contributed by atoms with E-state index in [-0.39, 0.29) is 5.56 Å². The number of aromatic carboxylic acids is 1. The standard InChI is InChI=1S/C11H7ClF3NO3/c1-5(11(13,14)15)19-7-3-2-6(4-16)9(12)8(7)10(17)18/h2-3,5H,1H3,(H,17,18)/t5-/m1/s1. The summed E-state index contributed by atoms with van der Waals surface area (Å²) in [5.41, 5.74) is -0.831. The zero-order valence-corrected chi connectivity index (χ0v) is 10.2. The highest BCUT2D eigenvalue weighted by Gasteiger charge is 2.39. The van der Waals surface area contributed by atoms with Gasteiger partial charge in [0, 0.05) is 0 Å². The molecule has 8 heteroatoms. The first kappa shape index (κ1) is 15.1. The van der Waals surface area contributed by atoms with E-state index in [1.165, 1.54) is 0 Å². The quantitative estimate of drug-likeness (QED) is 0.928. The number of nitriles is 1. The molecule has 0 saturated carbocycles. The Balaban J connectivity index is 3.27. The van der Waals surface area contributed by atoms with Crippen molar-refractivity contribution in [2.45, 2.75) is 19.2 Å². The van der Waals surface area contributed by atoms with Gasteiger partial charge in [0.15, 0.2) is 6.10 Å². The van der Waals surface area contributed by atoms with Crippen LogP contribution in [0.15, 0.2) is 12.1 Å². The molecule has 1 aromatic carbocycles. The molecule has 0 aliphatic carbocycles. The summed E-state index contributed by atoms with van der Waals surface area (Å²) in [4.78, 5) is 11.0. The zero-order chi connectivity index (χ0) is 14.8. The monoisotopic (exact) mass is 293 g/mol. The van der Waals surface area contributed by atoms with Gasteiger partial charge in [-0.05, 0) is 19.1 Å². The van der Waals surface area contributed by atoms with Crippen LogP contribution in [0.5, 0.6) is 5.75 Å². The normalized spacial score (nSPS) is 12.6. The molecule has 1 rings (SSSR count). The first-order chi connectivity index (χ1) is 8.68. The van der Waals surface area contributed by atoms with Gasteiger partial charge in [-0.3, -0.25) is 0 Å². The van der Waals surface area contributed by atoms with Gasteiger partial charge in [-0.15, -0.1) is 0 Å². The van der Waals surface area contributed by atoms with Crippen LogP contribution < -0.4 is 4.74 Å². The lowest BCUT2D eigenvalue weighted by Gasteiger charge is -2.19. The van der Waals surface area contributed by atoms with Gasteiger partial charge in [-0.1, -0.05) is 11.6 Å². The number of rotatable bonds is 3. The molecule has 0 radical (unpaired) electrons. The van der Waals surface area contributed by atoms with Gasteiger partial charge in [-0.25, -0.2) is 4.79 Å². The van der Waals surface area contributed by atoms with Crippen molar-refractivity contribution >= 4 is 17.6 Å². The Morgan fingerprint density at radius 3 is 2.53 bits per heavy atom. The van der Waals surface area contributed by atoms with E-state index in [2.05, 4.69) is 4.74 Å². The van der Waals surface area contributed by atoms with Crippen LogP contribution in [0.3, 0.4) is 0 Å². The van der Waals surface area contributed by atoms with Crippen molar-refractivity contribution in [3.05, 3.63) is 28.3 Å². The van der Waals surface area contributed by atoms with Crippen LogP contribution in [-0.2, 0) is 0 Å². The number of carbonyl (C=O) groups is 1. The summed E-state index contributed by atoms with van der Waals surface area (Å²) in [6, 6.07) is 3.69. The number of alkyl halides is 3. The highest BCUT2D eigenvalue weighted by atomic mass is 35.5. The van der Waals surface area contributed by atoms with Crippen LogP contribution in [0.4, 0.5) is 13.2 Å². The van der Waals surface area contributed by atoms with Crippen molar-refractivity contribution in [2.75, 3.05) is 0 Å². The third-order valence-corrected chi connectivity index (χ3v) is 2.60. The number of carboxylic acid groups (broad SMARTS) is 1. The van der Waals surface area contributed by atoms with Crippen LogP contribution in [0.1, 0.15) is 22.8 Å². The van der Waals surface area contributed by atoms with Crippen molar-refractivity contribution < 1.29 is 27.8 Å². The fourth-order valence-electron chi connectivity index (χ4n) is 1.20. The lowest BCUT2D eigenvalue weighted by molar-refractivity contribution is -0.189. The molecule has 0 aromatic heterocycles. The van der Waals surface area contributed by atoms with E-state index < -0.39 is 34.6 Å². The lowest BCUT2D eigenvalue weighted by Crippen LogP contribution is -2.31. The number of benzene rings is 1. The topological polar surface area (TPSA) is 70.3 Å². The summed E-state index contributed by atoms with van der Waals surface area (Å²) in [5, 5.41) is 17.1. The molecule has 0 heterocycles. The average molecular weight is 294 g/mol. The second-order valence-electron chi connectivity index (χ2n) is 3.52. The van der Waals surface area contributed by atoms with Gasteiger partial charge in [0.05, 0.1) is 10.6 Å². The number of carboxylic acids is 1. The number of ether oxygens (including phenoxy) is 1. The van der Waals surface area contributed by atoms with E-state index in [4.69, 9.17) is 22.0 Å². The Kier molecular flexibility index (Phi) is 4.27. The second kappa shape index (κ2) is 5.36. The van der Waals surface area contributed by atoms with E-state index in [9.17, 15) is 18.0 Å². The van der Waals surface area contributed by atoms with Gasteiger partial charge >= 0.3 is 12.1 Å². The number of halogens is 4. The van der Waals surface area contributed by atoms with E-state index in [1.807, 2.05) is 0 Å². The minimum Gasteiger partial charge on any atom is -0.480 e. The maximum absolute atomic E-state index is 12.4. The smallest absolute Gasteiger partial charge is 0.425 e. The minimum atomic E-state index is -4.64. The number of hydrogen-bond acceptors (Lipinski definition) is 3. The molecule has 0 amide bonds. The molecule has 0 aliphatic rings. The van der Waals surface area contributed by atoms with E-state index in [0.29, 0.717) is 0 Å². The Bertz CT molecular complexity index is 551. The highest BCUT2D eigenvalue weighted by Crippen LogP contribution is 2.32. The molecule has 19 heavy (non-hydrogen) atoms. The van der Waals surface area contributed by atoms with Gasteiger partial charge in [0.25, 0.3) is 0 Å². The highest BCUT2D eigenvalue weighted by molar-refractivity contribution is 6.35. The molecule has 0 spiro atoms. The summed E-state index contributed by atoms with van der Waals surface area (Å²) in [5.74, 6) is -2.12. The molecule has 0 saturated heterocycles. The lowest BCUT2D eigenvalue weighted by atomic mass is 10.1. The molecular weight excluding hydrogens is 287 g/mol. The molecule has 1 atom stereocenters. The van der Waals surface area contributed by atoms with Crippen LogP contribution in [0.25, 0.3) is 0 Å².